The third-order valence-electron chi connectivity index (χ3n) is 4.88. The van der Waals surface area contributed by atoms with Gasteiger partial charge in [0.15, 0.2) is 0 Å². The Morgan fingerprint density at radius 3 is 1.85 bits per heavy atom. The van der Waals surface area contributed by atoms with Crippen molar-refractivity contribution in [2.24, 2.45) is 11.7 Å². The molecule has 3 rings (SSSR count). The van der Waals surface area contributed by atoms with Crippen molar-refractivity contribution in [3.05, 3.63) is 24.3 Å². The van der Waals surface area contributed by atoms with Gasteiger partial charge >= 0.3 is 0 Å². The second-order valence-electron chi connectivity index (χ2n) is 6.22. The fourth-order valence-corrected chi connectivity index (χ4v) is 3.57. The smallest absolute Gasteiger partial charge is 0.0367 e. The van der Waals surface area contributed by atoms with Crippen LogP contribution in [0.15, 0.2) is 24.3 Å². The van der Waals surface area contributed by atoms with Gasteiger partial charge in [0.05, 0.1) is 0 Å². The quantitative estimate of drug-likeness (QED) is 0.915. The first-order chi connectivity index (χ1) is 9.86. The second kappa shape index (κ2) is 6.49. The summed E-state index contributed by atoms with van der Waals surface area (Å²) in [5, 5.41) is 0. The maximum atomic E-state index is 5.66. The van der Waals surface area contributed by atoms with Gasteiger partial charge in [0.1, 0.15) is 0 Å². The molecule has 110 valence electrons. The van der Waals surface area contributed by atoms with Crippen molar-refractivity contribution in [2.75, 3.05) is 42.5 Å². The lowest BCUT2D eigenvalue weighted by Crippen LogP contribution is -2.34. The van der Waals surface area contributed by atoms with Gasteiger partial charge in [-0.1, -0.05) is 0 Å². The number of hydrogen-bond acceptors (Lipinski definition) is 3. The van der Waals surface area contributed by atoms with Crippen molar-refractivity contribution in [1.82, 2.24) is 0 Å². The molecule has 3 nitrogen and oxygen atoms in total. The molecular weight excluding hydrogens is 246 g/mol. The molecular formula is C17H27N3. The van der Waals surface area contributed by atoms with E-state index in [0.717, 1.165) is 12.5 Å². The van der Waals surface area contributed by atoms with E-state index in [9.17, 15) is 0 Å². The lowest BCUT2D eigenvalue weighted by Gasteiger charge is -2.33. The van der Waals surface area contributed by atoms with Crippen LogP contribution in [0.25, 0.3) is 0 Å². The van der Waals surface area contributed by atoms with Crippen molar-refractivity contribution in [1.29, 1.82) is 0 Å². The highest BCUT2D eigenvalue weighted by molar-refractivity contribution is 5.56. The van der Waals surface area contributed by atoms with Crippen LogP contribution in [0.3, 0.4) is 0 Å². The number of hydrogen-bond donors (Lipinski definition) is 1. The van der Waals surface area contributed by atoms with Gasteiger partial charge in [0.25, 0.3) is 0 Å². The Balaban J connectivity index is 1.58. The van der Waals surface area contributed by atoms with Crippen molar-refractivity contribution in [3.63, 3.8) is 0 Å². The Morgan fingerprint density at radius 2 is 1.35 bits per heavy atom. The Kier molecular flexibility index (Phi) is 4.46. The van der Waals surface area contributed by atoms with E-state index in [1.807, 2.05) is 0 Å². The molecule has 0 saturated carbocycles. The predicted octanol–water partition coefficient (Wildman–Crippen LogP) is 2.85. The van der Waals surface area contributed by atoms with Crippen molar-refractivity contribution >= 4 is 11.4 Å². The van der Waals surface area contributed by atoms with Gasteiger partial charge in [-0.3, -0.25) is 0 Å². The number of rotatable bonds is 4. The minimum absolute atomic E-state index is 0.842. The molecule has 1 aromatic carbocycles. The summed E-state index contributed by atoms with van der Waals surface area (Å²) in [4.78, 5) is 5.03. The summed E-state index contributed by atoms with van der Waals surface area (Å²) < 4.78 is 0. The first-order valence-corrected chi connectivity index (χ1v) is 8.17. The van der Waals surface area contributed by atoms with Gasteiger partial charge in [0.2, 0.25) is 0 Å². The summed E-state index contributed by atoms with van der Waals surface area (Å²) in [6.45, 7) is 5.67. The van der Waals surface area contributed by atoms with Gasteiger partial charge in [-0.25, -0.2) is 0 Å². The van der Waals surface area contributed by atoms with Gasteiger partial charge < -0.3 is 15.5 Å². The zero-order chi connectivity index (χ0) is 13.8. The molecule has 0 bridgehead atoms. The molecule has 1 aromatic rings. The minimum Gasteiger partial charge on any atom is -0.372 e. The molecule has 3 heteroatoms. The summed E-state index contributed by atoms with van der Waals surface area (Å²) >= 11 is 0. The van der Waals surface area contributed by atoms with E-state index in [1.54, 1.807) is 0 Å². The third-order valence-corrected chi connectivity index (χ3v) is 4.88. The minimum atomic E-state index is 0.842. The number of nitrogens with zero attached hydrogens (tertiary/aromatic N) is 2. The van der Waals surface area contributed by atoms with E-state index in [2.05, 4.69) is 34.1 Å². The maximum Gasteiger partial charge on any atom is 0.0367 e. The molecule has 2 aliphatic heterocycles. The zero-order valence-electron chi connectivity index (χ0n) is 12.4. The Morgan fingerprint density at radius 1 is 0.850 bits per heavy atom. The molecule has 0 unspecified atom stereocenters. The van der Waals surface area contributed by atoms with Crippen molar-refractivity contribution < 1.29 is 0 Å². The van der Waals surface area contributed by atoms with Crippen LogP contribution < -0.4 is 15.5 Å². The van der Waals surface area contributed by atoms with E-state index in [-0.39, 0.29) is 0 Å². The van der Waals surface area contributed by atoms with Gasteiger partial charge in [-0.2, -0.15) is 0 Å². The highest BCUT2D eigenvalue weighted by Crippen LogP contribution is 2.27. The first-order valence-electron chi connectivity index (χ1n) is 8.17. The van der Waals surface area contributed by atoms with Crippen LogP contribution in [-0.2, 0) is 0 Å². The van der Waals surface area contributed by atoms with E-state index in [0.29, 0.717) is 0 Å². The van der Waals surface area contributed by atoms with Gasteiger partial charge in [-0.05, 0) is 68.8 Å². The van der Waals surface area contributed by atoms with Crippen molar-refractivity contribution in [2.45, 2.75) is 32.1 Å². The fraction of sp³-hybridized carbons (Fsp3) is 0.647. The Bertz CT molecular complexity index is 401. The molecule has 0 radical (unpaired) electrons. The number of nitrogens with two attached hydrogens (primary N) is 1. The van der Waals surface area contributed by atoms with E-state index in [1.165, 1.54) is 69.7 Å². The summed E-state index contributed by atoms with van der Waals surface area (Å²) in [6, 6.07) is 9.20. The largest absolute Gasteiger partial charge is 0.372 e. The molecule has 0 spiro atoms. The monoisotopic (exact) mass is 273 g/mol. The van der Waals surface area contributed by atoms with Crippen LogP contribution in [0.4, 0.5) is 11.4 Å². The van der Waals surface area contributed by atoms with E-state index >= 15 is 0 Å². The van der Waals surface area contributed by atoms with Crippen LogP contribution >= 0.6 is 0 Å². The van der Waals surface area contributed by atoms with E-state index < -0.39 is 0 Å². The standard InChI is InChI=1S/C17H27N3/c18-10-7-15-8-13-20(14-9-15)17-5-3-16(4-6-17)19-11-1-2-12-19/h3-6,15H,1-2,7-14,18H2. The molecule has 20 heavy (non-hydrogen) atoms. The zero-order valence-corrected chi connectivity index (χ0v) is 12.4. The fourth-order valence-electron chi connectivity index (χ4n) is 3.57. The highest BCUT2D eigenvalue weighted by Gasteiger charge is 2.19. The molecule has 0 aromatic heterocycles. The number of anilines is 2. The molecule has 2 saturated heterocycles. The lowest BCUT2D eigenvalue weighted by atomic mass is 9.93. The molecule has 0 aliphatic carbocycles. The molecule has 2 fully saturated rings. The third kappa shape index (κ3) is 3.09. The Labute approximate surface area is 122 Å². The molecule has 2 N–H and O–H groups in total. The second-order valence-corrected chi connectivity index (χ2v) is 6.22. The average Bonchev–Trinajstić information content (AvgIpc) is 3.03. The highest BCUT2D eigenvalue weighted by atomic mass is 15.2. The lowest BCUT2D eigenvalue weighted by molar-refractivity contribution is 0.386. The van der Waals surface area contributed by atoms with Crippen LogP contribution in [0.2, 0.25) is 0 Å². The van der Waals surface area contributed by atoms with Crippen LogP contribution in [0, 0.1) is 5.92 Å². The summed E-state index contributed by atoms with van der Waals surface area (Å²) in [7, 11) is 0. The van der Waals surface area contributed by atoms with Crippen LogP contribution in [-0.4, -0.2) is 32.7 Å². The predicted molar refractivity (Wildman–Crippen MR) is 86.5 cm³/mol. The van der Waals surface area contributed by atoms with Gasteiger partial charge in [0, 0.05) is 37.6 Å². The summed E-state index contributed by atoms with van der Waals surface area (Å²) in [5.41, 5.74) is 8.44. The van der Waals surface area contributed by atoms with Crippen LogP contribution in [0.5, 0.6) is 0 Å². The molecule has 0 amide bonds. The average molecular weight is 273 g/mol. The number of piperidine rings is 1. The normalized spacial score (nSPS) is 20.6. The Hall–Kier alpha value is -1.22. The summed E-state index contributed by atoms with van der Waals surface area (Å²) in [6.07, 6.45) is 6.48. The molecule has 0 atom stereocenters. The topological polar surface area (TPSA) is 32.5 Å². The van der Waals surface area contributed by atoms with Gasteiger partial charge in [-0.15, -0.1) is 0 Å². The van der Waals surface area contributed by atoms with Crippen molar-refractivity contribution in [3.8, 4) is 0 Å². The SMILES string of the molecule is NCCC1CCN(c2ccc(N3CCCC3)cc2)CC1. The number of benzene rings is 1. The molecule has 2 heterocycles. The summed E-state index contributed by atoms with van der Waals surface area (Å²) in [5.74, 6) is 0.847. The maximum absolute atomic E-state index is 5.66. The first kappa shape index (κ1) is 13.7. The molecule has 2 aliphatic rings. The van der Waals surface area contributed by atoms with Crippen LogP contribution in [0.1, 0.15) is 32.1 Å². The van der Waals surface area contributed by atoms with E-state index in [4.69, 9.17) is 5.73 Å².